The molecule has 3 N–H and O–H groups in total. The number of carbonyl (C=O) groups is 1. The number of anilines is 2. The third kappa shape index (κ3) is 1.99. The van der Waals surface area contributed by atoms with Crippen molar-refractivity contribution in [2.45, 2.75) is 6.92 Å². The molecule has 0 saturated heterocycles. The lowest BCUT2D eigenvalue weighted by atomic mass is 10.4. The molecule has 0 atom stereocenters. The smallest absolute Gasteiger partial charge is 0.235 e. The van der Waals surface area contributed by atoms with Crippen LogP contribution in [0.4, 0.5) is 11.5 Å². The van der Waals surface area contributed by atoms with Gasteiger partial charge in [0.15, 0.2) is 5.82 Å². The molecule has 0 bridgehead atoms. The summed E-state index contributed by atoms with van der Waals surface area (Å²) in [6.45, 7) is 1.76. The van der Waals surface area contributed by atoms with Crippen LogP contribution in [0.5, 0.6) is 0 Å². The largest absolute Gasteiger partial charge is 0.382 e. The Balaban J connectivity index is 2.44. The molecule has 2 rings (SSSR count). The summed E-state index contributed by atoms with van der Waals surface area (Å²) in [6.07, 6.45) is 1.70. The number of carbonyl (C=O) groups excluding carboxylic acids is 1. The third-order valence-electron chi connectivity index (χ3n) is 2.00. The molecule has 0 radical (unpaired) electrons. The highest BCUT2D eigenvalue weighted by Crippen LogP contribution is 2.17. The van der Waals surface area contributed by atoms with Crippen molar-refractivity contribution in [3.8, 4) is 0 Å². The molecule has 0 aromatic carbocycles. The second kappa shape index (κ2) is 4.09. The summed E-state index contributed by atoms with van der Waals surface area (Å²) in [5.41, 5.74) is 7.07. The van der Waals surface area contributed by atoms with Crippen molar-refractivity contribution in [3.05, 3.63) is 18.1 Å². The number of alkyl halides is 1. The van der Waals surface area contributed by atoms with Crippen LogP contribution in [0.25, 0.3) is 5.52 Å². The number of amides is 1. The number of aromatic nitrogens is 3. The number of halogens is 1. The lowest BCUT2D eigenvalue weighted by Gasteiger charge is -1.97. The maximum Gasteiger partial charge on any atom is 0.235 e. The van der Waals surface area contributed by atoms with Crippen LogP contribution < -0.4 is 11.1 Å². The highest BCUT2D eigenvalue weighted by atomic mass is 79.9. The molecule has 2 heterocycles. The van der Waals surface area contributed by atoms with Crippen molar-refractivity contribution >= 4 is 38.9 Å². The molecule has 84 valence electrons. The molecule has 0 fully saturated rings. The fourth-order valence-corrected chi connectivity index (χ4v) is 1.54. The van der Waals surface area contributed by atoms with E-state index in [-0.39, 0.29) is 11.2 Å². The predicted octanol–water partition coefficient (Wildman–Crippen LogP) is 0.953. The van der Waals surface area contributed by atoms with Gasteiger partial charge in [0.05, 0.1) is 17.2 Å². The van der Waals surface area contributed by atoms with E-state index in [2.05, 4.69) is 31.3 Å². The van der Waals surface area contributed by atoms with E-state index in [0.717, 1.165) is 0 Å². The maximum atomic E-state index is 11.2. The van der Waals surface area contributed by atoms with Crippen LogP contribution in [0.1, 0.15) is 5.82 Å². The van der Waals surface area contributed by atoms with E-state index in [1.165, 1.54) is 0 Å². The second-order valence-electron chi connectivity index (χ2n) is 3.28. The lowest BCUT2D eigenvalue weighted by molar-refractivity contribution is -0.113. The molecule has 0 aliphatic carbocycles. The number of rotatable bonds is 2. The van der Waals surface area contributed by atoms with E-state index in [1.807, 2.05) is 0 Å². The Morgan fingerprint density at radius 2 is 2.44 bits per heavy atom. The summed E-state index contributed by atoms with van der Waals surface area (Å²) in [5.74, 6) is 0.852. The van der Waals surface area contributed by atoms with Gasteiger partial charge in [-0.2, -0.15) is 5.10 Å². The average Bonchev–Trinajstić information content (AvgIpc) is 2.60. The minimum Gasteiger partial charge on any atom is -0.382 e. The zero-order valence-corrected chi connectivity index (χ0v) is 10.2. The van der Waals surface area contributed by atoms with Crippen LogP contribution in [0, 0.1) is 6.92 Å². The molecule has 2 aromatic heterocycles. The Morgan fingerprint density at radius 3 is 3.12 bits per heavy atom. The van der Waals surface area contributed by atoms with Crippen LogP contribution in [-0.4, -0.2) is 25.8 Å². The molecule has 0 unspecified atom stereocenters. The van der Waals surface area contributed by atoms with Gasteiger partial charge < -0.3 is 11.1 Å². The van der Waals surface area contributed by atoms with Gasteiger partial charge in [0.1, 0.15) is 11.3 Å². The van der Waals surface area contributed by atoms with Crippen molar-refractivity contribution in [2.24, 2.45) is 0 Å². The number of aryl methyl sites for hydroxylation is 1. The molecule has 0 aliphatic rings. The van der Waals surface area contributed by atoms with Crippen LogP contribution in [-0.2, 0) is 4.79 Å². The van der Waals surface area contributed by atoms with Crippen molar-refractivity contribution in [2.75, 3.05) is 16.4 Å². The monoisotopic (exact) mass is 283 g/mol. The minimum atomic E-state index is -0.126. The normalized spacial score (nSPS) is 10.6. The SMILES string of the molecule is Cc1nc(N)c2cc(NC(=O)CBr)cn2n1. The molecule has 6 nitrogen and oxygen atoms in total. The zero-order valence-electron chi connectivity index (χ0n) is 8.57. The van der Waals surface area contributed by atoms with E-state index < -0.39 is 0 Å². The van der Waals surface area contributed by atoms with E-state index in [9.17, 15) is 4.79 Å². The molecular formula is C9H10BrN5O. The topological polar surface area (TPSA) is 85.3 Å². The Kier molecular flexibility index (Phi) is 2.78. The fraction of sp³-hybridized carbons (Fsp3) is 0.222. The van der Waals surface area contributed by atoms with E-state index in [0.29, 0.717) is 22.8 Å². The number of nitrogens with two attached hydrogens (primary N) is 1. The van der Waals surface area contributed by atoms with Crippen molar-refractivity contribution in [1.29, 1.82) is 0 Å². The van der Waals surface area contributed by atoms with Gasteiger partial charge in [-0.15, -0.1) is 0 Å². The summed E-state index contributed by atoms with van der Waals surface area (Å²) in [4.78, 5) is 15.2. The van der Waals surface area contributed by atoms with Gasteiger partial charge in [-0.3, -0.25) is 4.79 Å². The molecular weight excluding hydrogens is 274 g/mol. The Labute approximate surface area is 100.0 Å². The van der Waals surface area contributed by atoms with Crippen molar-refractivity contribution in [1.82, 2.24) is 14.6 Å². The predicted molar refractivity (Wildman–Crippen MR) is 64.6 cm³/mol. The number of hydrogen-bond donors (Lipinski definition) is 2. The van der Waals surface area contributed by atoms with Crippen LogP contribution in [0.2, 0.25) is 0 Å². The summed E-state index contributed by atoms with van der Waals surface area (Å²) in [5, 5.41) is 7.10. The molecule has 7 heteroatoms. The molecule has 0 spiro atoms. The quantitative estimate of drug-likeness (QED) is 0.804. The first-order valence-corrected chi connectivity index (χ1v) is 5.70. The van der Waals surface area contributed by atoms with Gasteiger partial charge in [0.2, 0.25) is 5.91 Å². The third-order valence-corrected chi connectivity index (χ3v) is 2.51. The van der Waals surface area contributed by atoms with Gasteiger partial charge >= 0.3 is 0 Å². The maximum absolute atomic E-state index is 11.2. The number of nitrogen functional groups attached to an aromatic ring is 1. The lowest BCUT2D eigenvalue weighted by Crippen LogP contribution is -2.11. The fourth-order valence-electron chi connectivity index (χ4n) is 1.40. The highest BCUT2D eigenvalue weighted by Gasteiger charge is 2.07. The molecule has 0 saturated carbocycles. The average molecular weight is 284 g/mol. The zero-order chi connectivity index (χ0) is 11.7. The summed E-state index contributed by atoms with van der Waals surface area (Å²) < 4.78 is 1.60. The number of fused-ring (bicyclic) bond motifs is 1. The first-order valence-electron chi connectivity index (χ1n) is 4.58. The van der Waals surface area contributed by atoms with Gasteiger partial charge in [-0.25, -0.2) is 9.50 Å². The number of nitrogens with one attached hydrogen (secondary N) is 1. The second-order valence-corrected chi connectivity index (χ2v) is 3.85. The molecule has 1 amide bonds. The van der Waals surface area contributed by atoms with Gasteiger partial charge in [-0.1, -0.05) is 15.9 Å². The Hall–Kier alpha value is -1.63. The van der Waals surface area contributed by atoms with Crippen LogP contribution >= 0.6 is 15.9 Å². The van der Waals surface area contributed by atoms with Crippen LogP contribution in [0.15, 0.2) is 12.3 Å². The first-order chi connectivity index (χ1) is 7.60. The summed E-state index contributed by atoms with van der Waals surface area (Å²) in [7, 11) is 0. The highest BCUT2D eigenvalue weighted by molar-refractivity contribution is 9.09. The summed E-state index contributed by atoms with van der Waals surface area (Å²) in [6, 6.07) is 1.73. The van der Waals surface area contributed by atoms with Gasteiger partial charge in [0.25, 0.3) is 0 Å². The first kappa shape index (κ1) is 10.9. The van der Waals surface area contributed by atoms with E-state index in [1.54, 1.807) is 23.7 Å². The van der Waals surface area contributed by atoms with E-state index >= 15 is 0 Å². The Bertz CT molecular complexity index is 550. The standard InChI is InChI=1S/C9H10BrN5O/c1-5-12-9(11)7-2-6(4-15(7)14-5)13-8(16)3-10/h2,4H,3H2,1H3,(H,13,16)(H2,11,12,14). The van der Waals surface area contributed by atoms with E-state index in [4.69, 9.17) is 5.73 Å². The molecule has 2 aromatic rings. The molecule has 16 heavy (non-hydrogen) atoms. The number of nitrogens with zero attached hydrogens (tertiary/aromatic N) is 3. The van der Waals surface area contributed by atoms with Gasteiger partial charge in [-0.05, 0) is 13.0 Å². The van der Waals surface area contributed by atoms with Crippen molar-refractivity contribution in [3.63, 3.8) is 0 Å². The van der Waals surface area contributed by atoms with Crippen molar-refractivity contribution < 1.29 is 4.79 Å². The van der Waals surface area contributed by atoms with Gasteiger partial charge in [0, 0.05) is 0 Å². The number of hydrogen-bond acceptors (Lipinski definition) is 4. The molecule has 0 aliphatic heterocycles. The summed E-state index contributed by atoms with van der Waals surface area (Å²) >= 11 is 3.07. The minimum absolute atomic E-state index is 0.126. The van der Waals surface area contributed by atoms with Crippen LogP contribution in [0.3, 0.4) is 0 Å². The Morgan fingerprint density at radius 1 is 1.69 bits per heavy atom.